The third-order valence-electron chi connectivity index (χ3n) is 4.46. The molecular formula is C16H18NO5-. The largest absolute Gasteiger partial charge is 0.550 e. The highest BCUT2D eigenvalue weighted by Crippen LogP contribution is 2.44. The fourth-order valence-corrected chi connectivity index (χ4v) is 3.45. The number of amides is 1. The molecule has 0 aromatic heterocycles. The van der Waals surface area contributed by atoms with Crippen molar-refractivity contribution in [1.82, 2.24) is 0 Å². The molecular weight excluding hydrogens is 286 g/mol. The van der Waals surface area contributed by atoms with Crippen LogP contribution in [0.15, 0.2) is 18.2 Å². The first-order valence-electron chi connectivity index (χ1n) is 7.33. The smallest absolute Gasteiger partial charge is 0.230 e. The molecule has 0 saturated carbocycles. The summed E-state index contributed by atoms with van der Waals surface area (Å²) in [6, 6.07) is 5.43. The lowest BCUT2D eigenvalue weighted by Gasteiger charge is -2.27. The van der Waals surface area contributed by atoms with Gasteiger partial charge in [-0.1, -0.05) is 6.07 Å². The molecule has 6 heteroatoms. The maximum atomic E-state index is 12.6. The molecule has 0 unspecified atom stereocenters. The van der Waals surface area contributed by atoms with Gasteiger partial charge in [-0.2, -0.15) is 0 Å². The van der Waals surface area contributed by atoms with Gasteiger partial charge >= 0.3 is 0 Å². The predicted octanol–water partition coefficient (Wildman–Crippen LogP) is 0.486. The first kappa shape index (κ1) is 14.8. The summed E-state index contributed by atoms with van der Waals surface area (Å²) in [7, 11) is 1.52. The van der Waals surface area contributed by atoms with Crippen LogP contribution < -0.4 is 15.2 Å². The van der Waals surface area contributed by atoms with Crippen LogP contribution in [0.5, 0.6) is 5.75 Å². The Balaban J connectivity index is 1.82. The molecule has 1 N–H and O–H groups in total. The van der Waals surface area contributed by atoms with Gasteiger partial charge in [0.05, 0.1) is 30.9 Å². The van der Waals surface area contributed by atoms with Gasteiger partial charge in [0.2, 0.25) is 5.91 Å². The molecule has 2 aliphatic rings. The van der Waals surface area contributed by atoms with Crippen LogP contribution in [-0.2, 0) is 14.3 Å². The van der Waals surface area contributed by atoms with Gasteiger partial charge in [0.15, 0.2) is 0 Å². The van der Waals surface area contributed by atoms with Crippen molar-refractivity contribution in [3.05, 3.63) is 23.8 Å². The topological polar surface area (TPSA) is 87.7 Å². The first-order chi connectivity index (χ1) is 10.5. The molecule has 1 aromatic rings. The van der Waals surface area contributed by atoms with Crippen LogP contribution in [0, 0.1) is 18.8 Å². The molecule has 2 aliphatic heterocycles. The third-order valence-corrected chi connectivity index (χ3v) is 4.46. The monoisotopic (exact) mass is 304 g/mol. The van der Waals surface area contributed by atoms with E-state index in [4.69, 9.17) is 9.47 Å². The number of carbonyl (C=O) groups is 2. The van der Waals surface area contributed by atoms with Gasteiger partial charge in [-0.3, -0.25) is 4.79 Å². The minimum atomic E-state index is -1.22. The van der Waals surface area contributed by atoms with Crippen LogP contribution in [0.25, 0.3) is 0 Å². The second-order valence-corrected chi connectivity index (χ2v) is 5.85. The lowest BCUT2D eigenvalue weighted by atomic mass is 9.78. The Bertz CT molecular complexity index is 615. The van der Waals surface area contributed by atoms with Crippen LogP contribution in [0.1, 0.15) is 18.4 Å². The van der Waals surface area contributed by atoms with Gasteiger partial charge in [0.25, 0.3) is 0 Å². The molecule has 0 spiro atoms. The van der Waals surface area contributed by atoms with E-state index >= 15 is 0 Å². The van der Waals surface area contributed by atoms with Crippen LogP contribution in [0.3, 0.4) is 0 Å². The number of anilines is 1. The average molecular weight is 304 g/mol. The number of carboxylic acid groups (broad SMARTS) is 1. The minimum absolute atomic E-state index is 0.344. The van der Waals surface area contributed by atoms with E-state index in [1.807, 2.05) is 13.0 Å². The van der Waals surface area contributed by atoms with Gasteiger partial charge in [-0.05, 0) is 37.5 Å². The number of nitrogens with one attached hydrogen (secondary N) is 1. The molecule has 2 fully saturated rings. The van der Waals surface area contributed by atoms with Crippen LogP contribution >= 0.6 is 0 Å². The van der Waals surface area contributed by atoms with E-state index in [2.05, 4.69) is 5.32 Å². The van der Waals surface area contributed by atoms with Crippen LogP contribution in [-0.4, -0.2) is 31.2 Å². The number of benzene rings is 1. The van der Waals surface area contributed by atoms with E-state index in [-0.39, 0.29) is 12.0 Å². The summed E-state index contributed by atoms with van der Waals surface area (Å²) in [5.74, 6) is -2.63. The lowest BCUT2D eigenvalue weighted by Crippen LogP contribution is -2.46. The number of carboxylic acids is 1. The number of ether oxygens (including phenoxy) is 2. The summed E-state index contributed by atoms with van der Waals surface area (Å²) < 4.78 is 10.8. The molecule has 2 heterocycles. The number of fused-ring (bicyclic) bond motifs is 2. The molecule has 118 valence electrons. The third kappa shape index (κ3) is 2.43. The summed E-state index contributed by atoms with van der Waals surface area (Å²) in [4.78, 5) is 23.9. The highest BCUT2D eigenvalue weighted by Gasteiger charge is 2.52. The van der Waals surface area contributed by atoms with Crippen molar-refractivity contribution in [3.63, 3.8) is 0 Å². The molecule has 2 bridgehead atoms. The highest BCUT2D eigenvalue weighted by atomic mass is 16.5. The predicted molar refractivity (Wildman–Crippen MR) is 76.2 cm³/mol. The summed E-state index contributed by atoms with van der Waals surface area (Å²) in [5, 5.41) is 14.1. The number of carbonyl (C=O) groups excluding carboxylic acids is 2. The van der Waals surface area contributed by atoms with Gasteiger partial charge in [-0.25, -0.2) is 0 Å². The zero-order chi connectivity index (χ0) is 15.9. The van der Waals surface area contributed by atoms with Gasteiger partial charge in [-0.15, -0.1) is 0 Å². The van der Waals surface area contributed by atoms with Crippen molar-refractivity contribution in [3.8, 4) is 5.75 Å². The molecule has 6 nitrogen and oxygen atoms in total. The standard InChI is InChI=1S/C16H19NO5/c1-8-3-4-10(21-2)9(7-8)17-15(18)13-11-5-6-12(22-11)14(13)16(19)20/h3-4,7,11-14H,5-6H2,1-2H3,(H,17,18)(H,19,20)/p-1/t11-,12+,13+,14-/m0/s1. The Kier molecular flexibility index (Phi) is 3.78. The van der Waals surface area contributed by atoms with Crippen molar-refractivity contribution in [2.45, 2.75) is 32.0 Å². The number of aliphatic carboxylic acids is 1. The van der Waals surface area contributed by atoms with Crippen molar-refractivity contribution in [2.75, 3.05) is 12.4 Å². The number of hydrogen-bond acceptors (Lipinski definition) is 5. The molecule has 1 aromatic carbocycles. The van der Waals surface area contributed by atoms with Gasteiger partial charge in [0, 0.05) is 11.9 Å². The fourth-order valence-electron chi connectivity index (χ4n) is 3.45. The second-order valence-electron chi connectivity index (χ2n) is 5.85. The summed E-state index contributed by atoms with van der Waals surface area (Å²) in [5.41, 5.74) is 1.50. The van der Waals surface area contributed by atoms with E-state index in [1.165, 1.54) is 7.11 Å². The summed E-state index contributed by atoms with van der Waals surface area (Å²) in [6.07, 6.45) is 0.618. The molecule has 4 atom stereocenters. The van der Waals surface area contributed by atoms with E-state index in [0.29, 0.717) is 24.3 Å². The summed E-state index contributed by atoms with van der Waals surface area (Å²) >= 11 is 0. The fraction of sp³-hybridized carbons (Fsp3) is 0.500. The molecule has 3 rings (SSSR count). The van der Waals surface area contributed by atoms with Crippen molar-refractivity contribution in [1.29, 1.82) is 0 Å². The van der Waals surface area contributed by atoms with E-state index in [9.17, 15) is 14.7 Å². The molecule has 0 radical (unpaired) electrons. The van der Waals surface area contributed by atoms with E-state index in [0.717, 1.165) is 5.56 Å². The van der Waals surface area contributed by atoms with Gasteiger partial charge < -0.3 is 24.7 Å². The maximum Gasteiger partial charge on any atom is 0.230 e. The Labute approximate surface area is 128 Å². The number of rotatable bonds is 4. The number of aryl methyl sites for hydroxylation is 1. The van der Waals surface area contributed by atoms with Crippen LogP contribution in [0.2, 0.25) is 0 Å². The molecule has 1 amide bonds. The lowest BCUT2D eigenvalue weighted by molar-refractivity contribution is -0.313. The quantitative estimate of drug-likeness (QED) is 0.874. The SMILES string of the molecule is COc1ccc(C)cc1NC(=O)[C@H]1[C@@H](C(=O)[O-])[C@H]2CC[C@@H]1O2. The highest BCUT2D eigenvalue weighted by molar-refractivity contribution is 5.97. The summed E-state index contributed by atoms with van der Waals surface area (Å²) in [6.45, 7) is 1.90. The number of methoxy groups -OCH3 is 1. The van der Waals surface area contributed by atoms with Crippen molar-refractivity contribution < 1.29 is 24.2 Å². The number of hydrogen-bond donors (Lipinski definition) is 1. The Hall–Kier alpha value is -2.08. The normalized spacial score (nSPS) is 29.4. The second kappa shape index (κ2) is 5.61. The molecule has 22 heavy (non-hydrogen) atoms. The van der Waals surface area contributed by atoms with Crippen molar-refractivity contribution >= 4 is 17.6 Å². The van der Waals surface area contributed by atoms with Crippen molar-refractivity contribution in [2.24, 2.45) is 11.8 Å². The van der Waals surface area contributed by atoms with Crippen LogP contribution in [0.4, 0.5) is 5.69 Å². The maximum absolute atomic E-state index is 12.6. The van der Waals surface area contributed by atoms with E-state index in [1.54, 1.807) is 12.1 Å². The zero-order valence-corrected chi connectivity index (χ0v) is 12.5. The molecule has 0 aliphatic carbocycles. The Morgan fingerprint density at radius 3 is 2.59 bits per heavy atom. The van der Waals surface area contributed by atoms with Gasteiger partial charge in [0.1, 0.15) is 5.75 Å². The Morgan fingerprint density at radius 2 is 1.95 bits per heavy atom. The minimum Gasteiger partial charge on any atom is -0.550 e. The van der Waals surface area contributed by atoms with E-state index < -0.39 is 23.9 Å². The zero-order valence-electron chi connectivity index (χ0n) is 12.5. The Morgan fingerprint density at radius 1 is 1.27 bits per heavy atom. The first-order valence-corrected chi connectivity index (χ1v) is 7.33. The average Bonchev–Trinajstić information content (AvgIpc) is 3.08. The molecule has 2 saturated heterocycles.